The number of ether oxygens (including phenoxy) is 1. The number of para-hydroxylation sites is 1. The maximum Gasteiger partial charge on any atom is 0.316 e. The average Bonchev–Trinajstić information content (AvgIpc) is 2.95. The highest BCUT2D eigenvalue weighted by Crippen LogP contribution is 2.27. The van der Waals surface area contributed by atoms with E-state index in [1.165, 1.54) is 11.8 Å². The minimum atomic E-state index is -0.200. The second-order valence-electron chi connectivity index (χ2n) is 4.63. The van der Waals surface area contributed by atoms with Crippen LogP contribution in [-0.2, 0) is 16.1 Å². The maximum absolute atomic E-state index is 11.8. The number of H-pyrrole nitrogens is 1. The number of fused-ring (bicyclic) bond motifs is 1. The lowest BCUT2D eigenvalue weighted by Crippen LogP contribution is -2.07. The van der Waals surface area contributed by atoms with Crippen LogP contribution in [0.1, 0.15) is 5.56 Å². The Labute approximate surface area is 127 Å². The molecule has 0 bridgehead atoms. The van der Waals surface area contributed by atoms with Crippen LogP contribution in [-0.4, -0.2) is 16.7 Å². The third kappa shape index (κ3) is 3.47. The molecule has 0 unspecified atom stereocenters. The average molecular weight is 297 g/mol. The quantitative estimate of drug-likeness (QED) is 0.571. The fourth-order valence-corrected chi connectivity index (χ4v) is 2.91. The summed E-state index contributed by atoms with van der Waals surface area (Å²) in [5.41, 5.74) is 2.08. The predicted molar refractivity (Wildman–Crippen MR) is 85.3 cm³/mol. The van der Waals surface area contributed by atoms with E-state index in [9.17, 15) is 4.79 Å². The summed E-state index contributed by atoms with van der Waals surface area (Å²) in [6.45, 7) is 0.327. The van der Waals surface area contributed by atoms with Gasteiger partial charge in [-0.25, -0.2) is 0 Å². The Morgan fingerprint density at radius 3 is 2.67 bits per heavy atom. The van der Waals surface area contributed by atoms with Gasteiger partial charge in [-0.3, -0.25) is 4.79 Å². The topological polar surface area (TPSA) is 42.1 Å². The zero-order valence-electron chi connectivity index (χ0n) is 11.4. The number of hydrogen-bond donors (Lipinski definition) is 1. The summed E-state index contributed by atoms with van der Waals surface area (Å²) in [5, 5.41) is 1.14. The molecule has 21 heavy (non-hydrogen) atoms. The summed E-state index contributed by atoms with van der Waals surface area (Å²) >= 11 is 1.49. The molecule has 106 valence electrons. The van der Waals surface area contributed by atoms with E-state index in [2.05, 4.69) is 4.98 Å². The molecule has 0 aliphatic rings. The van der Waals surface area contributed by atoms with Gasteiger partial charge in [-0.1, -0.05) is 48.5 Å². The second-order valence-corrected chi connectivity index (χ2v) is 5.65. The normalized spacial score (nSPS) is 10.7. The van der Waals surface area contributed by atoms with E-state index in [0.717, 1.165) is 21.4 Å². The summed E-state index contributed by atoms with van der Waals surface area (Å²) < 4.78 is 5.27. The first kappa shape index (κ1) is 13.8. The van der Waals surface area contributed by atoms with Crippen molar-refractivity contribution in [1.82, 2.24) is 4.98 Å². The molecular weight excluding hydrogens is 282 g/mol. The summed E-state index contributed by atoms with van der Waals surface area (Å²) in [7, 11) is 0. The van der Waals surface area contributed by atoms with Crippen molar-refractivity contribution in [2.45, 2.75) is 11.5 Å². The Morgan fingerprint density at radius 1 is 1.05 bits per heavy atom. The van der Waals surface area contributed by atoms with Gasteiger partial charge in [0.25, 0.3) is 0 Å². The van der Waals surface area contributed by atoms with Crippen molar-refractivity contribution in [1.29, 1.82) is 0 Å². The number of aromatic nitrogens is 1. The molecule has 0 fully saturated rings. The molecule has 0 spiro atoms. The van der Waals surface area contributed by atoms with Crippen molar-refractivity contribution in [2.24, 2.45) is 0 Å². The first-order chi connectivity index (χ1) is 10.3. The Morgan fingerprint density at radius 2 is 1.81 bits per heavy atom. The van der Waals surface area contributed by atoms with Gasteiger partial charge >= 0.3 is 5.97 Å². The van der Waals surface area contributed by atoms with Crippen LogP contribution in [0.5, 0.6) is 0 Å². The fraction of sp³-hybridized carbons (Fsp3) is 0.118. The third-order valence-electron chi connectivity index (χ3n) is 3.14. The Hall–Kier alpha value is -2.20. The molecule has 3 nitrogen and oxygen atoms in total. The molecule has 1 N–H and O–H groups in total. The van der Waals surface area contributed by atoms with Crippen molar-refractivity contribution >= 4 is 28.6 Å². The minimum absolute atomic E-state index is 0.200. The molecule has 0 radical (unpaired) electrons. The van der Waals surface area contributed by atoms with Crippen molar-refractivity contribution in [3.05, 3.63) is 66.4 Å². The number of carbonyl (C=O) groups is 1. The van der Waals surface area contributed by atoms with Crippen molar-refractivity contribution in [3.63, 3.8) is 0 Å². The summed E-state index contributed by atoms with van der Waals surface area (Å²) in [6, 6.07) is 17.7. The van der Waals surface area contributed by atoms with Gasteiger partial charge in [-0.15, -0.1) is 11.8 Å². The van der Waals surface area contributed by atoms with Crippen molar-refractivity contribution in [3.8, 4) is 0 Å². The van der Waals surface area contributed by atoms with Gasteiger partial charge in [-0.2, -0.15) is 0 Å². The molecule has 4 heteroatoms. The Balaban J connectivity index is 1.54. The molecule has 3 aromatic rings. The number of hydrogen-bond acceptors (Lipinski definition) is 3. The van der Waals surface area contributed by atoms with Crippen LogP contribution >= 0.6 is 11.8 Å². The highest BCUT2D eigenvalue weighted by molar-refractivity contribution is 8.00. The second kappa shape index (κ2) is 6.50. The highest BCUT2D eigenvalue weighted by atomic mass is 32.2. The van der Waals surface area contributed by atoms with Crippen LogP contribution in [0.15, 0.2) is 65.7 Å². The first-order valence-corrected chi connectivity index (χ1v) is 7.70. The van der Waals surface area contributed by atoms with E-state index in [0.29, 0.717) is 12.4 Å². The van der Waals surface area contributed by atoms with Gasteiger partial charge in [0.2, 0.25) is 0 Å². The van der Waals surface area contributed by atoms with Gasteiger partial charge in [-0.05, 0) is 11.6 Å². The molecule has 1 heterocycles. The zero-order valence-corrected chi connectivity index (χ0v) is 12.2. The molecule has 0 aliphatic carbocycles. The molecular formula is C17H15NO2S. The molecule has 0 saturated heterocycles. The van der Waals surface area contributed by atoms with Gasteiger partial charge in [0.1, 0.15) is 6.61 Å². The van der Waals surface area contributed by atoms with E-state index < -0.39 is 0 Å². The Bertz CT molecular complexity index is 737. The monoisotopic (exact) mass is 297 g/mol. The molecule has 2 aromatic carbocycles. The van der Waals surface area contributed by atoms with E-state index in [4.69, 9.17) is 4.74 Å². The molecule has 0 amide bonds. The molecule has 0 atom stereocenters. The summed E-state index contributed by atoms with van der Waals surface area (Å²) in [4.78, 5) is 16.1. The SMILES string of the molecule is O=C(CSc1c[nH]c2ccccc12)OCc1ccccc1. The molecule has 0 aliphatic heterocycles. The number of rotatable bonds is 5. The van der Waals surface area contributed by atoms with E-state index >= 15 is 0 Å². The summed E-state index contributed by atoms with van der Waals surface area (Å²) in [6.07, 6.45) is 1.93. The van der Waals surface area contributed by atoms with E-state index in [1.807, 2.05) is 60.8 Å². The number of esters is 1. The molecule has 1 aromatic heterocycles. The van der Waals surface area contributed by atoms with Crippen LogP contribution in [0, 0.1) is 0 Å². The van der Waals surface area contributed by atoms with Crippen LogP contribution in [0.2, 0.25) is 0 Å². The van der Waals surface area contributed by atoms with Crippen molar-refractivity contribution in [2.75, 3.05) is 5.75 Å². The number of thioether (sulfide) groups is 1. The lowest BCUT2D eigenvalue weighted by Gasteiger charge is -2.04. The number of nitrogens with one attached hydrogen (secondary N) is 1. The van der Waals surface area contributed by atoms with Crippen molar-refractivity contribution < 1.29 is 9.53 Å². The fourth-order valence-electron chi connectivity index (χ4n) is 2.08. The molecule has 3 rings (SSSR count). The van der Waals surface area contributed by atoms with Crippen LogP contribution in [0.25, 0.3) is 10.9 Å². The van der Waals surface area contributed by atoms with Crippen LogP contribution in [0.3, 0.4) is 0 Å². The van der Waals surface area contributed by atoms with Gasteiger partial charge < -0.3 is 9.72 Å². The zero-order chi connectivity index (χ0) is 14.5. The van der Waals surface area contributed by atoms with E-state index in [-0.39, 0.29) is 5.97 Å². The van der Waals surface area contributed by atoms with Gasteiger partial charge in [0, 0.05) is 22.0 Å². The maximum atomic E-state index is 11.8. The standard InChI is InChI=1S/C17H15NO2S/c19-17(20-11-13-6-2-1-3-7-13)12-21-16-10-18-15-9-5-4-8-14(15)16/h1-10,18H,11-12H2. The van der Waals surface area contributed by atoms with Gasteiger partial charge in [0.05, 0.1) is 5.75 Å². The number of benzene rings is 2. The predicted octanol–water partition coefficient (Wildman–Crippen LogP) is 4.00. The lowest BCUT2D eigenvalue weighted by molar-refractivity contribution is -0.141. The van der Waals surface area contributed by atoms with Crippen LogP contribution < -0.4 is 0 Å². The van der Waals surface area contributed by atoms with Gasteiger partial charge in [0.15, 0.2) is 0 Å². The molecule has 0 saturated carbocycles. The lowest BCUT2D eigenvalue weighted by atomic mass is 10.2. The largest absolute Gasteiger partial charge is 0.460 e. The third-order valence-corrected chi connectivity index (χ3v) is 4.17. The highest BCUT2D eigenvalue weighted by Gasteiger charge is 2.08. The summed E-state index contributed by atoms with van der Waals surface area (Å²) in [5.74, 6) is 0.114. The van der Waals surface area contributed by atoms with E-state index in [1.54, 1.807) is 0 Å². The Kier molecular flexibility index (Phi) is 4.26. The van der Waals surface area contributed by atoms with Crippen LogP contribution in [0.4, 0.5) is 0 Å². The smallest absolute Gasteiger partial charge is 0.316 e. The number of aromatic amines is 1. The first-order valence-electron chi connectivity index (χ1n) is 6.71. The number of carbonyl (C=O) groups excluding carboxylic acids is 1. The minimum Gasteiger partial charge on any atom is -0.460 e.